The molecule has 2 aromatic heterocycles. The van der Waals surface area contributed by atoms with Crippen LogP contribution in [-0.4, -0.2) is 26.4 Å². The number of aryl methyl sites for hydroxylation is 1. The monoisotopic (exact) mass is 453 g/mol. The minimum absolute atomic E-state index is 0.145. The molecule has 0 fully saturated rings. The van der Waals surface area contributed by atoms with E-state index >= 15 is 0 Å². The quantitative estimate of drug-likeness (QED) is 0.391. The lowest BCUT2D eigenvalue weighted by Crippen LogP contribution is -2.12. The molecule has 0 radical (unpaired) electrons. The number of carbonyl (C=O) groups excluding carboxylic acids is 1. The lowest BCUT2D eigenvalue weighted by Gasteiger charge is -2.08. The number of hydrogen-bond acceptors (Lipinski definition) is 6. The van der Waals surface area contributed by atoms with Crippen LogP contribution in [0.4, 0.5) is 9.39 Å². The summed E-state index contributed by atoms with van der Waals surface area (Å²) in [7, 11) is 0. The largest absolute Gasteiger partial charge is 0.317 e. The smallest absolute Gasteiger partial charge is 0.225 e. The highest BCUT2D eigenvalue weighted by Crippen LogP contribution is 2.38. The summed E-state index contributed by atoms with van der Waals surface area (Å²) in [6, 6.07) is 8.65. The third-order valence-electron chi connectivity index (χ3n) is 4.99. The van der Waals surface area contributed by atoms with Crippen molar-refractivity contribution in [3.8, 4) is 17.5 Å². The van der Waals surface area contributed by atoms with Gasteiger partial charge in [-0.05, 0) is 37.0 Å². The molecular weight excluding hydrogens is 433 g/mol. The third kappa shape index (κ3) is 4.40. The normalized spacial score (nSPS) is 12.4. The van der Waals surface area contributed by atoms with Crippen LogP contribution in [0.2, 0.25) is 0 Å². The number of carbonyl (C=O) groups is 1. The van der Waals surface area contributed by atoms with Gasteiger partial charge >= 0.3 is 0 Å². The Morgan fingerprint density at radius 2 is 2.23 bits per heavy atom. The standard InChI is InChI=1S/C22H20FN5OS2/c1-2-11-28-20(15-6-3-4-8-17(15)23)26-27-22(28)30-12-10-19(29)25-21-16(13-24)14-7-5-9-18(14)31-21/h2-4,6,8H,1,5,7,9-12H2,(H,25,29). The lowest BCUT2D eigenvalue weighted by molar-refractivity contribution is -0.115. The van der Waals surface area contributed by atoms with E-state index in [9.17, 15) is 14.4 Å². The number of thiophene rings is 1. The maximum atomic E-state index is 14.2. The molecule has 0 unspecified atom stereocenters. The van der Waals surface area contributed by atoms with Crippen molar-refractivity contribution >= 4 is 34.0 Å². The van der Waals surface area contributed by atoms with Crippen LogP contribution in [0.15, 0.2) is 42.1 Å². The predicted molar refractivity (Wildman–Crippen MR) is 121 cm³/mol. The van der Waals surface area contributed by atoms with Gasteiger partial charge in [0.2, 0.25) is 5.91 Å². The van der Waals surface area contributed by atoms with Crippen molar-refractivity contribution in [2.45, 2.75) is 37.4 Å². The van der Waals surface area contributed by atoms with Gasteiger partial charge in [-0.1, -0.05) is 30.0 Å². The van der Waals surface area contributed by atoms with Crippen LogP contribution >= 0.6 is 23.1 Å². The summed E-state index contributed by atoms with van der Waals surface area (Å²) in [5.41, 5.74) is 2.07. The third-order valence-corrected chi connectivity index (χ3v) is 7.17. The molecule has 0 atom stereocenters. The molecule has 1 aliphatic rings. The summed E-state index contributed by atoms with van der Waals surface area (Å²) >= 11 is 2.89. The van der Waals surface area contributed by atoms with Crippen molar-refractivity contribution in [1.82, 2.24) is 14.8 Å². The van der Waals surface area contributed by atoms with Crippen LogP contribution in [0.1, 0.15) is 28.8 Å². The Balaban J connectivity index is 1.41. The minimum atomic E-state index is -0.368. The number of benzene rings is 1. The van der Waals surface area contributed by atoms with Crippen molar-refractivity contribution in [2.75, 3.05) is 11.1 Å². The molecule has 0 spiro atoms. The summed E-state index contributed by atoms with van der Waals surface area (Å²) in [5, 5.41) is 21.9. The highest BCUT2D eigenvalue weighted by atomic mass is 32.2. The number of anilines is 1. The number of fused-ring (bicyclic) bond motifs is 1. The first kappa shape index (κ1) is 21.3. The van der Waals surface area contributed by atoms with E-state index < -0.39 is 0 Å². The van der Waals surface area contributed by atoms with Gasteiger partial charge in [0.25, 0.3) is 0 Å². The molecule has 4 rings (SSSR count). The highest BCUT2D eigenvalue weighted by molar-refractivity contribution is 7.99. The van der Waals surface area contributed by atoms with E-state index in [-0.39, 0.29) is 18.1 Å². The van der Waals surface area contributed by atoms with Crippen LogP contribution in [-0.2, 0) is 24.2 Å². The second-order valence-electron chi connectivity index (χ2n) is 7.01. The molecule has 0 saturated heterocycles. The van der Waals surface area contributed by atoms with Crippen LogP contribution in [0.5, 0.6) is 0 Å². The Morgan fingerprint density at radius 1 is 1.39 bits per heavy atom. The second-order valence-corrected chi connectivity index (χ2v) is 9.17. The number of aromatic nitrogens is 3. The number of nitrogens with zero attached hydrogens (tertiary/aromatic N) is 4. The zero-order chi connectivity index (χ0) is 21.8. The van der Waals surface area contributed by atoms with E-state index in [2.05, 4.69) is 28.2 Å². The lowest BCUT2D eigenvalue weighted by atomic mass is 10.1. The number of allylic oxidation sites excluding steroid dienone is 1. The molecule has 2 heterocycles. The average molecular weight is 454 g/mol. The molecule has 0 bridgehead atoms. The van der Waals surface area contributed by atoms with Crippen LogP contribution in [0, 0.1) is 17.1 Å². The summed E-state index contributed by atoms with van der Waals surface area (Å²) < 4.78 is 16.0. The Labute approximate surface area is 187 Å². The molecule has 1 N–H and O–H groups in total. The van der Waals surface area contributed by atoms with Crippen LogP contribution in [0.25, 0.3) is 11.4 Å². The zero-order valence-electron chi connectivity index (χ0n) is 16.7. The SMILES string of the molecule is C=CCn1c(SCCC(=O)Nc2sc3c(c2C#N)CCC3)nnc1-c1ccccc1F. The first-order valence-electron chi connectivity index (χ1n) is 9.88. The van der Waals surface area contributed by atoms with Crippen LogP contribution in [0.3, 0.4) is 0 Å². The summed E-state index contributed by atoms with van der Waals surface area (Å²) in [5.74, 6) is 0.391. The maximum Gasteiger partial charge on any atom is 0.225 e. The molecule has 31 heavy (non-hydrogen) atoms. The maximum absolute atomic E-state index is 14.2. The Hall–Kier alpha value is -2.96. The molecule has 9 heteroatoms. The number of halogens is 1. The fourth-order valence-electron chi connectivity index (χ4n) is 3.57. The number of amides is 1. The Kier molecular flexibility index (Phi) is 6.49. The van der Waals surface area contributed by atoms with Crippen molar-refractivity contribution in [3.63, 3.8) is 0 Å². The van der Waals surface area contributed by atoms with Crippen molar-refractivity contribution in [2.24, 2.45) is 0 Å². The first-order chi connectivity index (χ1) is 15.1. The average Bonchev–Trinajstić information content (AvgIpc) is 3.44. The van der Waals surface area contributed by atoms with Gasteiger partial charge in [-0.15, -0.1) is 28.1 Å². The van der Waals surface area contributed by atoms with E-state index in [1.165, 1.54) is 34.0 Å². The number of nitriles is 1. The molecule has 1 aliphatic carbocycles. The molecule has 0 saturated carbocycles. The predicted octanol–water partition coefficient (Wildman–Crippen LogP) is 4.81. The van der Waals surface area contributed by atoms with E-state index in [0.29, 0.717) is 39.4 Å². The van der Waals surface area contributed by atoms with Gasteiger partial charge in [-0.25, -0.2) is 4.39 Å². The van der Waals surface area contributed by atoms with Gasteiger partial charge < -0.3 is 5.32 Å². The van der Waals surface area contributed by atoms with Gasteiger partial charge in [-0.3, -0.25) is 9.36 Å². The fourth-order valence-corrected chi connectivity index (χ4v) is 5.71. The first-order valence-corrected chi connectivity index (χ1v) is 11.7. The van der Waals surface area contributed by atoms with E-state index in [1.807, 2.05) is 0 Å². The number of rotatable bonds is 8. The molecular formula is C22H20FN5OS2. The van der Waals surface area contributed by atoms with Crippen molar-refractivity contribution in [1.29, 1.82) is 5.26 Å². The minimum Gasteiger partial charge on any atom is -0.317 e. The zero-order valence-corrected chi connectivity index (χ0v) is 18.4. The van der Waals surface area contributed by atoms with E-state index in [0.717, 1.165) is 24.8 Å². The topological polar surface area (TPSA) is 83.6 Å². The van der Waals surface area contributed by atoms with Gasteiger partial charge in [0, 0.05) is 23.6 Å². The van der Waals surface area contributed by atoms with Gasteiger partial charge in [0.05, 0.1) is 11.1 Å². The Bertz CT molecular complexity index is 1180. The molecule has 3 aromatic rings. The Morgan fingerprint density at radius 3 is 3.00 bits per heavy atom. The van der Waals surface area contributed by atoms with Gasteiger partial charge in [0.15, 0.2) is 11.0 Å². The van der Waals surface area contributed by atoms with E-state index in [4.69, 9.17) is 0 Å². The molecule has 1 aromatic carbocycles. The molecule has 6 nitrogen and oxygen atoms in total. The number of nitrogens with one attached hydrogen (secondary N) is 1. The highest BCUT2D eigenvalue weighted by Gasteiger charge is 2.23. The number of thioether (sulfide) groups is 1. The summed E-state index contributed by atoms with van der Waals surface area (Å²) in [4.78, 5) is 13.7. The van der Waals surface area contributed by atoms with Gasteiger partial charge in [0.1, 0.15) is 16.9 Å². The van der Waals surface area contributed by atoms with Crippen molar-refractivity contribution in [3.05, 3.63) is 58.7 Å². The molecule has 0 aliphatic heterocycles. The summed E-state index contributed by atoms with van der Waals surface area (Å²) in [6.45, 7) is 4.19. The van der Waals surface area contributed by atoms with Crippen LogP contribution < -0.4 is 5.32 Å². The second kappa shape index (κ2) is 9.45. The fraction of sp³-hybridized carbons (Fsp3) is 0.273. The van der Waals surface area contributed by atoms with Gasteiger partial charge in [-0.2, -0.15) is 5.26 Å². The molecule has 158 valence electrons. The van der Waals surface area contributed by atoms with E-state index in [1.54, 1.807) is 28.8 Å². The number of hydrogen-bond donors (Lipinski definition) is 1. The summed E-state index contributed by atoms with van der Waals surface area (Å²) in [6.07, 6.45) is 4.91. The molecule has 1 amide bonds. The van der Waals surface area contributed by atoms with Crippen molar-refractivity contribution < 1.29 is 9.18 Å².